The van der Waals surface area contributed by atoms with E-state index in [2.05, 4.69) is 14.9 Å². The number of imidazole rings is 1. The molecule has 29 heavy (non-hydrogen) atoms. The molecule has 8 heteroatoms. The smallest absolute Gasteiger partial charge is 0.243 e. The van der Waals surface area contributed by atoms with E-state index in [1.807, 2.05) is 31.2 Å². The molecule has 0 amide bonds. The maximum Gasteiger partial charge on any atom is 0.243 e. The summed E-state index contributed by atoms with van der Waals surface area (Å²) in [6, 6.07) is 6.49. The monoisotopic (exact) mass is 420 g/mol. The van der Waals surface area contributed by atoms with Crippen LogP contribution in [0.2, 0.25) is 0 Å². The molecule has 2 aliphatic rings. The van der Waals surface area contributed by atoms with Crippen LogP contribution in [0.5, 0.6) is 0 Å². The molecular formula is C21H29FN4O2S. The van der Waals surface area contributed by atoms with Crippen LogP contribution in [0.15, 0.2) is 30.6 Å². The molecule has 1 N–H and O–H groups in total. The number of rotatable bonds is 7. The molecule has 1 aromatic heterocycles. The summed E-state index contributed by atoms with van der Waals surface area (Å²) in [6.45, 7) is 3.11. The van der Waals surface area contributed by atoms with E-state index in [-0.39, 0.29) is 12.6 Å². The van der Waals surface area contributed by atoms with Crippen LogP contribution in [-0.2, 0) is 23.1 Å². The number of hydrogen-bond donors (Lipinski definition) is 1. The van der Waals surface area contributed by atoms with Crippen LogP contribution >= 0.6 is 0 Å². The lowest BCUT2D eigenvalue weighted by atomic mass is 9.81. The number of halogens is 1. The first-order valence-corrected chi connectivity index (χ1v) is 12.0. The number of H-pyrrole nitrogens is 1. The number of anilines is 1. The second kappa shape index (κ2) is 8.44. The number of aryl methyl sites for hydroxylation is 1. The molecule has 158 valence electrons. The van der Waals surface area contributed by atoms with E-state index in [1.54, 1.807) is 6.33 Å². The zero-order valence-corrected chi connectivity index (χ0v) is 17.7. The summed E-state index contributed by atoms with van der Waals surface area (Å²) in [5.41, 5.74) is 3.89. The van der Waals surface area contributed by atoms with Gasteiger partial charge in [-0.15, -0.1) is 0 Å². The number of aromatic nitrogens is 2. The molecule has 1 aromatic carbocycles. The van der Waals surface area contributed by atoms with Gasteiger partial charge in [0.05, 0.1) is 18.6 Å². The second-order valence-corrected chi connectivity index (χ2v) is 10.2. The van der Waals surface area contributed by atoms with Gasteiger partial charge in [0.25, 0.3) is 0 Å². The SMILES string of the molecule is Cc1[nH]cnc1CN1c2ccccc2CN(S(=O)(=O)CF)CC1CCC1CCC1. The third-order valence-electron chi connectivity index (χ3n) is 6.42. The highest BCUT2D eigenvalue weighted by Gasteiger charge is 2.34. The summed E-state index contributed by atoms with van der Waals surface area (Å²) in [7, 11) is -3.93. The molecule has 4 rings (SSSR count). The van der Waals surface area contributed by atoms with Crippen LogP contribution in [-0.4, -0.2) is 41.3 Å². The minimum absolute atomic E-state index is 0.0170. The highest BCUT2D eigenvalue weighted by molar-refractivity contribution is 7.88. The molecule has 1 saturated carbocycles. The summed E-state index contributed by atoms with van der Waals surface area (Å²) >= 11 is 0. The van der Waals surface area contributed by atoms with Crippen LogP contribution in [0.25, 0.3) is 0 Å². The number of sulfonamides is 1. The van der Waals surface area contributed by atoms with Gasteiger partial charge in [-0.2, -0.15) is 4.31 Å². The molecule has 2 heterocycles. The zero-order valence-electron chi connectivity index (χ0n) is 16.8. The maximum absolute atomic E-state index is 13.4. The number of para-hydroxylation sites is 1. The van der Waals surface area contributed by atoms with Crippen LogP contribution in [0.4, 0.5) is 10.1 Å². The van der Waals surface area contributed by atoms with Gasteiger partial charge >= 0.3 is 0 Å². The highest BCUT2D eigenvalue weighted by Crippen LogP contribution is 2.35. The first-order chi connectivity index (χ1) is 14.0. The number of hydrogen-bond acceptors (Lipinski definition) is 4. The normalized spacial score (nSPS) is 20.9. The van der Waals surface area contributed by atoms with Gasteiger partial charge in [-0.05, 0) is 37.3 Å². The summed E-state index contributed by atoms with van der Waals surface area (Å²) in [5, 5.41) is 0. The number of nitrogens with one attached hydrogen (secondary N) is 1. The van der Waals surface area contributed by atoms with Gasteiger partial charge in [-0.1, -0.05) is 37.5 Å². The van der Waals surface area contributed by atoms with E-state index in [0.29, 0.717) is 13.1 Å². The van der Waals surface area contributed by atoms with Gasteiger partial charge in [0.15, 0.2) is 0 Å². The lowest BCUT2D eigenvalue weighted by molar-refractivity contribution is 0.270. The Hall–Kier alpha value is -1.93. The third kappa shape index (κ3) is 4.33. The van der Waals surface area contributed by atoms with E-state index in [4.69, 9.17) is 0 Å². The molecule has 6 nitrogen and oxygen atoms in total. The first-order valence-electron chi connectivity index (χ1n) is 10.3. The molecule has 0 bridgehead atoms. The fraction of sp³-hybridized carbons (Fsp3) is 0.571. The van der Waals surface area contributed by atoms with E-state index in [1.165, 1.54) is 23.6 Å². The second-order valence-electron chi connectivity index (χ2n) is 8.27. The molecular weight excluding hydrogens is 391 g/mol. The Labute approximate surface area is 172 Å². The van der Waals surface area contributed by atoms with E-state index < -0.39 is 16.0 Å². The van der Waals surface area contributed by atoms with E-state index in [0.717, 1.165) is 41.4 Å². The topological polar surface area (TPSA) is 69.3 Å². The largest absolute Gasteiger partial charge is 0.361 e. The minimum Gasteiger partial charge on any atom is -0.361 e. The standard InChI is InChI=1S/C21H29FN4O2S/c1-16-20(24-15-23-16)13-26-19(10-9-17-5-4-6-17)12-25(29(27,28)14-22)11-18-7-2-3-8-21(18)26/h2-3,7-8,15,17,19H,4-6,9-14H2,1H3,(H,23,24). The van der Waals surface area contributed by atoms with Gasteiger partial charge in [-0.3, -0.25) is 0 Å². The van der Waals surface area contributed by atoms with Gasteiger partial charge in [0.1, 0.15) is 0 Å². The van der Waals surface area contributed by atoms with Crippen molar-refractivity contribution < 1.29 is 12.8 Å². The number of nitrogens with zero attached hydrogens (tertiary/aromatic N) is 3. The molecule has 1 fully saturated rings. The maximum atomic E-state index is 13.4. The Bertz CT molecular complexity index is 942. The van der Waals surface area contributed by atoms with Crippen molar-refractivity contribution in [3.63, 3.8) is 0 Å². The average molecular weight is 421 g/mol. The van der Waals surface area contributed by atoms with E-state index in [9.17, 15) is 12.8 Å². The van der Waals surface area contributed by atoms with Crippen molar-refractivity contribution in [3.8, 4) is 0 Å². The lowest BCUT2D eigenvalue weighted by Gasteiger charge is -2.35. The molecule has 0 spiro atoms. The molecule has 0 saturated heterocycles. The fourth-order valence-corrected chi connectivity index (χ4v) is 5.24. The highest BCUT2D eigenvalue weighted by atomic mass is 32.2. The summed E-state index contributed by atoms with van der Waals surface area (Å²) in [5.74, 6) is 0.730. The van der Waals surface area contributed by atoms with Crippen LogP contribution in [0.1, 0.15) is 49.1 Å². The molecule has 1 atom stereocenters. The first kappa shape index (κ1) is 20.3. The van der Waals surface area contributed by atoms with Crippen LogP contribution in [0, 0.1) is 12.8 Å². The van der Waals surface area contributed by atoms with Crippen LogP contribution < -0.4 is 4.90 Å². The summed E-state index contributed by atoms with van der Waals surface area (Å²) in [4.78, 5) is 9.88. The molecule has 2 aromatic rings. The van der Waals surface area contributed by atoms with Crippen molar-refractivity contribution >= 4 is 15.7 Å². The summed E-state index contributed by atoms with van der Waals surface area (Å²) in [6.07, 6.45) is 7.46. The van der Waals surface area contributed by atoms with Gasteiger partial charge in [0.2, 0.25) is 16.0 Å². The van der Waals surface area contributed by atoms with Crippen molar-refractivity contribution in [2.75, 3.05) is 17.5 Å². The van der Waals surface area contributed by atoms with Crippen molar-refractivity contribution in [1.29, 1.82) is 0 Å². The number of benzene rings is 1. The number of alkyl halides is 1. The molecule has 0 radical (unpaired) electrons. The zero-order chi connectivity index (χ0) is 20.4. The third-order valence-corrected chi connectivity index (χ3v) is 7.76. The molecule has 1 unspecified atom stereocenters. The molecule has 1 aliphatic heterocycles. The van der Waals surface area contributed by atoms with Gasteiger partial charge in [-0.25, -0.2) is 17.8 Å². The van der Waals surface area contributed by atoms with E-state index >= 15 is 0 Å². The Balaban J connectivity index is 1.70. The van der Waals surface area contributed by atoms with Gasteiger partial charge in [0, 0.05) is 30.5 Å². The summed E-state index contributed by atoms with van der Waals surface area (Å²) < 4.78 is 39.6. The number of aromatic amines is 1. The van der Waals surface area contributed by atoms with Crippen molar-refractivity contribution in [1.82, 2.24) is 14.3 Å². The number of fused-ring (bicyclic) bond motifs is 1. The molecule has 1 aliphatic carbocycles. The quantitative estimate of drug-likeness (QED) is 0.741. The Morgan fingerprint density at radius 3 is 2.69 bits per heavy atom. The predicted molar refractivity (Wildman–Crippen MR) is 112 cm³/mol. The van der Waals surface area contributed by atoms with Crippen molar-refractivity contribution in [2.45, 2.75) is 58.2 Å². The van der Waals surface area contributed by atoms with Crippen molar-refractivity contribution in [2.24, 2.45) is 5.92 Å². The average Bonchev–Trinajstić information content (AvgIpc) is 3.00. The Kier molecular flexibility index (Phi) is 5.92. The Morgan fingerprint density at radius 2 is 2.03 bits per heavy atom. The van der Waals surface area contributed by atoms with Crippen molar-refractivity contribution in [3.05, 3.63) is 47.5 Å². The van der Waals surface area contributed by atoms with Gasteiger partial charge < -0.3 is 9.88 Å². The predicted octanol–water partition coefficient (Wildman–Crippen LogP) is 3.75. The fourth-order valence-electron chi connectivity index (χ4n) is 4.37. The minimum atomic E-state index is -3.93. The lowest BCUT2D eigenvalue weighted by Crippen LogP contribution is -2.44. The van der Waals surface area contributed by atoms with Crippen LogP contribution in [0.3, 0.4) is 0 Å². The Morgan fingerprint density at radius 1 is 1.24 bits per heavy atom.